The van der Waals surface area contributed by atoms with Crippen LogP contribution in [0.25, 0.3) is 16.5 Å². The molecule has 1 heterocycles. The number of nitrogens with one attached hydrogen (secondary N) is 1. The zero-order chi connectivity index (χ0) is 27.6. The number of aromatic nitrogens is 3. The van der Waals surface area contributed by atoms with Gasteiger partial charge in [0.15, 0.2) is 11.0 Å². The third kappa shape index (κ3) is 6.06. The van der Waals surface area contributed by atoms with Crippen molar-refractivity contribution in [2.45, 2.75) is 23.6 Å². The van der Waals surface area contributed by atoms with Crippen LogP contribution in [-0.4, -0.2) is 20.7 Å². The molecule has 0 radical (unpaired) electrons. The largest absolute Gasteiger partial charge is 0.416 e. The highest BCUT2D eigenvalue weighted by Gasteiger charge is 2.30. The van der Waals surface area contributed by atoms with Crippen molar-refractivity contribution < 1.29 is 18.0 Å². The molecule has 1 N–H and O–H groups in total. The van der Waals surface area contributed by atoms with Gasteiger partial charge in [0, 0.05) is 11.3 Å². The first-order chi connectivity index (χ1) is 18.7. The third-order valence-corrected chi connectivity index (χ3v) is 7.66. The Hall–Kier alpha value is -3.53. The van der Waals surface area contributed by atoms with Gasteiger partial charge in [-0.25, -0.2) is 0 Å². The fourth-order valence-corrected chi connectivity index (χ4v) is 5.26. The Balaban J connectivity index is 1.42. The Morgan fingerprint density at radius 2 is 1.67 bits per heavy atom. The number of amides is 1. The highest BCUT2D eigenvalue weighted by Crippen LogP contribution is 2.32. The molecule has 0 saturated heterocycles. The minimum Gasteiger partial charge on any atom is -0.345 e. The van der Waals surface area contributed by atoms with Gasteiger partial charge in [-0.1, -0.05) is 89.6 Å². The second-order valence-corrected chi connectivity index (χ2v) is 10.3. The number of alkyl halides is 3. The number of fused-ring (bicyclic) bond motifs is 1. The van der Waals surface area contributed by atoms with E-state index in [-0.39, 0.29) is 18.2 Å². The maximum Gasteiger partial charge on any atom is 0.416 e. The van der Waals surface area contributed by atoms with Crippen LogP contribution in [0.4, 0.5) is 13.2 Å². The van der Waals surface area contributed by atoms with Gasteiger partial charge in [-0.15, -0.1) is 10.2 Å². The Morgan fingerprint density at radius 3 is 2.46 bits per heavy atom. The highest BCUT2D eigenvalue weighted by molar-refractivity contribution is 7.98. The molecule has 4 aromatic carbocycles. The summed E-state index contributed by atoms with van der Waals surface area (Å²) in [6.07, 6.45) is -4.43. The van der Waals surface area contributed by atoms with E-state index in [9.17, 15) is 18.0 Å². The molecule has 5 rings (SSSR count). The van der Waals surface area contributed by atoms with Crippen molar-refractivity contribution >= 4 is 51.6 Å². The standard InChI is InChI=1S/C28H19Cl2F3N4OS/c29-23-12-11-20(14-24(23)30)37-25(15-34-26(38)22-10-4-7-18-6-1-2-9-21(18)22)35-36-27(37)39-16-17-5-3-8-19(13-17)28(31,32)33/h1-14H,15-16H2,(H,34,38). The summed E-state index contributed by atoms with van der Waals surface area (Å²) in [5.74, 6) is 0.341. The fourth-order valence-electron chi connectivity index (χ4n) is 4.06. The van der Waals surface area contributed by atoms with E-state index in [2.05, 4.69) is 15.5 Å². The van der Waals surface area contributed by atoms with Gasteiger partial charge in [0.25, 0.3) is 5.91 Å². The molecule has 198 valence electrons. The van der Waals surface area contributed by atoms with E-state index in [4.69, 9.17) is 23.2 Å². The van der Waals surface area contributed by atoms with Crippen LogP contribution in [0.5, 0.6) is 0 Å². The van der Waals surface area contributed by atoms with Crippen LogP contribution in [0, 0.1) is 0 Å². The van der Waals surface area contributed by atoms with Crippen molar-refractivity contribution in [1.82, 2.24) is 20.1 Å². The summed E-state index contributed by atoms with van der Waals surface area (Å²) in [4.78, 5) is 13.1. The third-order valence-electron chi connectivity index (χ3n) is 5.93. The zero-order valence-electron chi connectivity index (χ0n) is 20.0. The number of hydrogen-bond acceptors (Lipinski definition) is 4. The van der Waals surface area contributed by atoms with Crippen molar-refractivity contribution in [1.29, 1.82) is 0 Å². The monoisotopic (exact) mass is 586 g/mol. The van der Waals surface area contributed by atoms with E-state index in [1.807, 2.05) is 36.4 Å². The Bertz CT molecular complexity index is 1670. The van der Waals surface area contributed by atoms with Crippen LogP contribution >= 0.6 is 35.0 Å². The van der Waals surface area contributed by atoms with Gasteiger partial charge in [0.2, 0.25) is 0 Å². The van der Waals surface area contributed by atoms with Gasteiger partial charge in [-0.05, 0) is 46.7 Å². The lowest BCUT2D eigenvalue weighted by Gasteiger charge is -2.13. The lowest BCUT2D eigenvalue weighted by molar-refractivity contribution is -0.137. The number of thioether (sulfide) groups is 1. The van der Waals surface area contributed by atoms with E-state index in [1.54, 1.807) is 34.9 Å². The average Bonchev–Trinajstić information content (AvgIpc) is 3.34. The number of benzene rings is 4. The van der Waals surface area contributed by atoms with Gasteiger partial charge in [-0.3, -0.25) is 9.36 Å². The number of halogens is 5. The van der Waals surface area contributed by atoms with E-state index in [0.29, 0.717) is 37.8 Å². The first kappa shape index (κ1) is 27.1. The summed E-state index contributed by atoms with van der Waals surface area (Å²) in [6, 6.07) is 23.2. The lowest BCUT2D eigenvalue weighted by Crippen LogP contribution is -2.25. The molecule has 0 aliphatic rings. The van der Waals surface area contributed by atoms with Gasteiger partial charge >= 0.3 is 6.18 Å². The molecule has 11 heteroatoms. The number of carbonyl (C=O) groups excluding carboxylic acids is 1. The molecule has 0 saturated carbocycles. The normalized spacial score (nSPS) is 11.6. The summed E-state index contributed by atoms with van der Waals surface area (Å²) in [6.45, 7) is 0.0411. The predicted octanol–water partition coefficient (Wildman–Crippen LogP) is 7.97. The molecule has 1 aromatic heterocycles. The second-order valence-electron chi connectivity index (χ2n) is 8.53. The van der Waals surface area contributed by atoms with Crippen LogP contribution in [0.3, 0.4) is 0 Å². The van der Waals surface area contributed by atoms with Gasteiger partial charge in [-0.2, -0.15) is 13.2 Å². The van der Waals surface area contributed by atoms with Gasteiger partial charge < -0.3 is 5.32 Å². The van der Waals surface area contributed by atoms with E-state index >= 15 is 0 Å². The van der Waals surface area contributed by atoms with Crippen LogP contribution in [0.1, 0.15) is 27.3 Å². The summed E-state index contributed by atoms with van der Waals surface area (Å²) in [7, 11) is 0. The summed E-state index contributed by atoms with van der Waals surface area (Å²) in [5.41, 5.74) is 0.871. The predicted molar refractivity (Wildman–Crippen MR) is 148 cm³/mol. The van der Waals surface area contributed by atoms with Crippen molar-refractivity contribution in [2.75, 3.05) is 0 Å². The minimum absolute atomic E-state index is 0.0411. The average molecular weight is 587 g/mol. The summed E-state index contributed by atoms with van der Waals surface area (Å²) >= 11 is 13.6. The fraction of sp³-hybridized carbons (Fsp3) is 0.107. The van der Waals surface area contributed by atoms with E-state index < -0.39 is 11.7 Å². The van der Waals surface area contributed by atoms with Crippen molar-refractivity contribution in [3.63, 3.8) is 0 Å². The van der Waals surface area contributed by atoms with Crippen LogP contribution < -0.4 is 5.32 Å². The smallest absolute Gasteiger partial charge is 0.345 e. The van der Waals surface area contributed by atoms with Crippen molar-refractivity contribution in [3.05, 3.63) is 117 Å². The highest BCUT2D eigenvalue weighted by atomic mass is 35.5. The molecule has 0 aliphatic heterocycles. The molecule has 5 aromatic rings. The zero-order valence-corrected chi connectivity index (χ0v) is 22.4. The minimum atomic E-state index is -4.43. The molecule has 0 aliphatic carbocycles. The molecule has 0 spiro atoms. The summed E-state index contributed by atoms with van der Waals surface area (Å²) in [5, 5.41) is 14.3. The second kappa shape index (κ2) is 11.3. The van der Waals surface area contributed by atoms with Gasteiger partial charge in [0.05, 0.1) is 27.8 Å². The first-order valence-electron chi connectivity index (χ1n) is 11.7. The molecule has 0 fully saturated rings. The van der Waals surface area contributed by atoms with E-state index in [1.165, 1.54) is 17.8 Å². The van der Waals surface area contributed by atoms with Crippen LogP contribution in [0.15, 0.2) is 90.1 Å². The molecular formula is C28H19Cl2F3N4OS. The Kier molecular flexibility index (Phi) is 7.83. The molecular weight excluding hydrogens is 568 g/mol. The Labute approximate surface area is 236 Å². The molecule has 0 unspecified atom stereocenters. The number of rotatable bonds is 7. The quantitative estimate of drug-likeness (QED) is 0.196. The lowest BCUT2D eigenvalue weighted by atomic mass is 10.0. The van der Waals surface area contributed by atoms with Crippen molar-refractivity contribution in [3.8, 4) is 5.69 Å². The number of carbonyl (C=O) groups is 1. The maximum absolute atomic E-state index is 13.2. The Morgan fingerprint density at radius 1 is 0.897 bits per heavy atom. The molecule has 1 amide bonds. The topological polar surface area (TPSA) is 59.8 Å². The molecule has 5 nitrogen and oxygen atoms in total. The maximum atomic E-state index is 13.2. The SMILES string of the molecule is O=C(NCc1nnc(SCc2cccc(C(F)(F)F)c2)n1-c1ccc(Cl)c(Cl)c1)c1cccc2ccccc12. The summed E-state index contributed by atoms with van der Waals surface area (Å²) < 4.78 is 41.2. The van der Waals surface area contributed by atoms with Crippen LogP contribution in [-0.2, 0) is 18.5 Å². The molecule has 0 atom stereocenters. The van der Waals surface area contributed by atoms with Crippen LogP contribution in [0.2, 0.25) is 10.0 Å². The number of nitrogens with zero attached hydrogens (tertiary/aromatic N) is 3. The van der Waals surface area contributed by atoms with Gasteiger partial charge in [0.1, 0.15) is 0 Å². The van der Waals surface area contributed by atoms with E-state index in [0.717, 1.165) is 22.9 Å². The molecule has 0 bridgehead atoms. The molecule has 39 heavy (non-hydrogen) atoms. The number of hydrogen-bond donors (Lipinski definition) is 1. The van der Waals surface area contributed by atoms with Crippen molar-refractivity contribution in [2.24, 2.45) is 0 Å². The first-order valence-corrected chi connectivity index (χ1v) is 13.4.